The fourth-order valence-corrected chi connectivity index (χ4v) is 1.30. The van der Waals surface area contributed by atoms with Gasteiger partial charge in [-0.1, -0.05) is 0 Å². The maximum Gasteiger partial charge on any atom is 0.248 e. The van der Waals surface area contributed by atoms with Crippen LogP contribution in [0.15, 0.2) is 18.2 Å². The van der Waals surface area contributed by atoms with E-state index in [0.29, 0.717) is 17.0 Å². The Morgan fingerprint density at radius 1 is 1.41 bits per heavy atom. The summed E-state index contributed by atoms with van der Waals surface area (Å²) in [5.74, 6) is -0.352. The van der Waals surface area contributed by atoms with Crippen molar-refractivity contribution in [2.24, 2.45) is 11.5 Å². The second-order valence-corrected chi connectivity index (χ2v) is 3.37. The molecule has 0 spiro atoms. The van der Waals surface area contributed by atoms with Crippen LogP contribution in [0.25, 0.3) is 0 Å². The van der Waals surface area contributed by atoms with Gasteiger partial charge in [-0.2, -0.15) is 0 Å². The van der Waals surface area contributed by atoms with Gasteiger partial charge >= 0.3 is 0 Å². The first-order valence-corrected chi connectivity index (χ1v) is 5.06. The summed E-state index contributed by atoms with van der Waals surface area (Å²) in [6.07, 6.45) is 0.198. The Morgan fingerprint density at radius 2 is 2.12 bits per heavy atom. The molecule has 0 aliphatic carbocycles. The normalized spacial score (nSPS) is 9.76. The number of rotatable bonds is 5. The van der Waals surface area contributed by atoms with E-state index < -0.39 is 5.91 Å². The largest absolute Gasteiger partial charge is 0.495 e. The lowest BCUT2D eigenvalue weighted by atomic mass is 10.1. The number of carbonyl (C=O) groups is 2. The van der Waals surface area contributed by atoms with Crippen LogP contribution in [-0.2, 0) is 4.79 Å². The molecule has 17 heavy (non-hydrogen) atoms. The van der Waals surface area contributed by atoms with Crippen molar-refractivity contribution in [2.45, 2.75) is 6.42 Å². The van der Waals surface area contributed by atoms with E-state index in [1.54, 1.807) is 6.07 Å². The van der Waals surface area contributed by atoms with E-state index in [1.165, 1.54) is 19.2 Å². The van der Waals surface area contributed by atoms with E-state index in [0.717, 1.165) is 0 Å². The van der Waals surface area contributed by atoms with Crippen LogP contribution < -0.4 is 21.5 Å². The van der Waals surface area contributed by atoms with Crippen molar-refractivity contribution in [1.82, 2.24) is 0 Å². The first-order valence-electron chi connectivity index (χ1n) is 5.06. The van der Waals surface area contributed by atoms with E-state index >= 15 is 0 Å². The molecule has 0 radical (unpaired) electrons. The fraction of sp³-hybridized carbons (Fsp3) is 0.273. The van der Waals surface area contributed by atoms with Gasteiger partial charge < -0.3 is 21.5 Å². The number of nitrogens with one attached hydrogen (secondary N) is 1. The number of carbonyl (C=O) groups excluding carboxylic acids is 2. The Bertz CT molecular complexity index is 432. The predicted molar refractivity (Wildman–Crippen MR) is 63.8 cm³/mol. The second-order valence-electron chi connectivity index (χ2n) is 3.37. The summed E-state index contributed by atoms with van der Waals surface area (Å²) in [5, 5.41) is 2.61. The highest BCUT2D eigenvalue weighted by atomic mass is 16.5. The van der Waals surface area contributed by atoms with Gasteiger partial charge in [-0.15, -0.1) is 0 Å². The van der Waals surface area contributed by atoms with Crippen molar-refractivity contribution in [3.8, 4) is 5.75 Å². The Balaban J connectivity index is 2.97. The number of hydrogen-bond donors (Lipinski definition) is 3. The highest BCUT2D eigenvalue weighted by Crippen LogP contribution is 2.25. The third-order valence-electron chi connectivity index (χ3n) is 2.13. The van der Waals surface area contributed by atoms with Gasteiger partial charge in [0.1, 0.15) is 5.75 Å². The summed E-state index contributed by atoms with van der Waals surface area (Å²) in [7, 11) is 1.47. The molecular formula is C11H15N3O3. The zero-order valence-electron chi connectivity index (χ0n) is 9.53. The van der Waals surface area contributed by atoms with Crippen LogP contribution in [0.4, 0.5) is 5.69 Å². The van der Waals surface area contributed by atoms with E-state index in [9.17, 15) is 9.59 Å². The monoisotopic (exact) mass is 237 g/mol. The maximum absolute atomic E-state index is 11.4. The lowest BCUT2D eigenvalue weighted by Gasteiger charge is -2.10. The number of anilines is 1. The minimum absolute atomic E-state index is 0.198. The summed E-state index contributed by atoms with van der Waals surface area (Å²) in [5.41, 5.74) is 11.1. The van der Waals surface area contributed by atoms with Gasteiger partial charge in [-0.3, -0.25) is 9.59 Å². The van der Waals surface area contributed by atoms with Gasteiger partial charge in [-0.05, 0) is 18.2 Å². The van der Waals surface area contributed by atoms with E-state index in [4.69, 9.17) is 16.2 Å². The highest BCUT2D eigenvalue weighted by Gasteiger charge is 2.10. The molecule has 6 nitrogen and oxygen atoms in total. The van der Waals surface area contributed by atoms with Crippen LogP contribution in [0.5, 0.6) is 5.75 Å². The smallest absolute Gasteiger partial charge is 0.248 e. The number of nitrogens with two attached hydrogens (primary N) is 2. The second kappa shape index (κ2) is 5.86. The zero-order chi connectivity index (χ0) is 12.8. The zero-order valence-corrected chi connectivity index (χ0v) is 9.53. The molecule has 0 atom stereocenters. The lowest BCUT2D eigenvalue weighted by molar-refractivity contribution is -0.116. The number of primary amides is 1. The standard InChI is InChI=1S/C11H15N3O3/c1-17-9-3-2-7(11(13)16)6-8(9)14-10(15)4-5-12/h2-3,6H,4-5,12H2,1H3,(H2,13,16)(H,14,15). The summed E-state index contributed by atoms with van der Waals surface area (Å²) >= 11 is 0. The minimum Gasteiger partial charge on any atom is -0.495 e. The average Bonchev–Trinajstić information content (AvgIpc) is 2.29. The molecule has 2 amide bonds. The number of benzene rings is 1. The summed E-state index contributed by atoms with van der Waals surface area (Å²) in [6, 6.07) is 4.56. The molecular weight excluding hydrogens is 222 g/mol. The minimum atomic E-state index is -0.568. The van der Waals surface area contributed by atoms with Crippen LogP contribution in [-0.4, -0.2) is 25.5 Å². The van der Waals surface area contributed by atoms with Crippen molar-refractivity contribution in [2.75, 3.05) is 19.0 Å². The Kier molecular flexibility index (Phi) is 4.47. The topological polar surface area (TPSA) is 107 Å². The molecule has 0 bridgehead atoms. The van der Waals surface area contributed by atoms with Crippen molar-refractivity contribution >= 4 is 17.5 Å². The SMILES string of the molecule is COc1ccc(C(N)=O)cc1NC(=O)CCN. The summed E-state index contributed by atoms with van der Waals surface area (Å²) in [4.78, 5) is 22.4. The highest BCUT2D eigenvalue weighted by molar-refractivity contribution is 5.97. The third-order valence-corrected chi connectivity index (χ3v) is 2.13. The third kappa shape index (κ3) is 3.46. The van der Waals surface area contributed by atoms with Gasteiger partial charge in [0, 0.05) is 18.5 Å². The van der Waals surface area contributed by atoms with Crippen LogP contribution in [0.3, 0.4) is 0 Å². The molecule has 0 saturated heterocycles. The van der Waals surface area contributed by atoms with E-state index in [1.807, 2.05) is 0 Å². The maximum atomic E-state index is 11.4. The number of methoxy groups -OCH3 is 1. The van der Waals surface area contributed by atoms with Gasteiger partial charge in [0.05, 0.1) is 12.8 Å². The Morgan fingerprint density at radius 3 is 2.65 bits per heavy atom. The summed E-state index contributed by atoms with van der Waals surface area (Å²) in [6.45, 7) is 0.254. The van der Waals surface area contributed by atoms with Crippen molar-refractivity contribution < 1.29 is 14.3 Å². The molecule has 0 aliphatic heterocycles. The van der Waals surface area contributed by atoms with Crippen LogP contribution in [0, 0.1) is 0 Å². The predicted octanol–water partition coefficient (Wildman–Crippen LogP) is 0.0814. The van der Waals surface area contributed by atoms with Crippen molar-refractivity contribution in [3.63, 3.8) is 0 Å². The first-order chi connectivity index (χ1) is 8.08. The molecule has 6 heteroatoms. The molecule has 1 rings (SSSR count). The van der Waals surface area contributed by atoms with Crippen molar-refractivity contribution in [1.29, 1.82) is 0 Å². The lowest BCUT2D eigenvalue weighted by Crippen LogP contribution is -2.17. The molecule has 1 aromatic rings. The molecule has 0 fully saturated rings. The van der Waals surface area contributed by atoms with Crippen molar-refractivity contribution in [3.05, 3.63) is 23.8 Å². The van der Waals surface area contributed by atoms with Gasteiger partial charge in [0.25, 0.3) is 0 Å². The molecule has 0 heterocycles. The fourth-order valence-electron chi connectivity index (χ4n) is 1.30. The molecule has 0 aromatic heterocycles. The van der Waals surface area contributed by atoms with Crippen LogP contribution in [0.1, 0.15) is 16.8 Å². The number of amides is 2. The number of hydrogen-bond acceptors (Lipinski definition) is 4. The van der Waals surface area contributed by atoms with E-state index in [-0.39, 0.29) is 18.9 Å². The molecule has 0 unspecified atom stereocenters. The molecule has 1 aromatic carbocycles. The van der Waals surface area contributed by atoms with Gasteiger partial charge in [-0.25, -0.2) is 0 Å². The quantitative estimate of drug-likeness (QED) is 0.674. The van der Waals surface area contributed by atoms with Crippen LogP contribution in [0.2, 0.25) is 0 Å². The average molecular weight is 237 g/mol. The molecule has 0 saturated carbocycles. The molecule has 92 valence electrons. The number of ether oxygens (including phenoxy) is 1. The van der Waals surface area contributed by atoms with E-state index in [2.05, 4.69) is 5.32 Å². The van der Waals surface area contributed by atoms with Gasteiger partial charge in [0.15, 0.2) is 0 Å². The first kappa shape index (κ1) is 13.0. The van der Waals surface area contributed by atoms with Gasteiger partial charge in [0.2, 0.25) is 11.8 Å². The summed E-state index contributed by atoms with van der Waals surface area (Å²) < 4.78 is 5.06. The molecule has 0 aliphatic rings. The Hall–Kier alpha value is -2.08. The molecule has 5 N–H and O–H groups in total. The Labute approximate surface area is 98.9 Å². The van der Waals surface area contributed by atoms with Crippen LogP contribution >= 0.6 is 0 Å².